The SMILES string of the molecule is COc1ccc2[nH]c(-c3ccc(-n4ccnc4)nc3)cc2c1. The topological polar surface area (TPSA) is 55.7 Å². The van der Waals surface area contributed by atoms with Gasteiger partial charge in [-0.15, -0.1) is 0 Å². The van der Waals surface area contributed by atoms with Crippen molar-refractivity contribution in [3.8, 4) is 22.8 Å². The van der Waals surface area contributed by atoms with E-state index in [9.17, 15) is 0 Å². The van der Waals surface area contributed by atoms with Crippen LogP contribution in [0, 0.1) is 0 Å². The molecule has 0 unspecified atom stereocenters. The molecule has 0 atom stereocenters. The van der Waals surface area contributed by atoms with Gasteiger partial charge in [0.25, 0.3) is 0 Å². The molecule has 0 aliphatic carbocycles. The lowest BCUT2D eigenvalue weighted by atomic mass is 10.2. The van der Waals surface area contributed by atoms with E-state index < -0.39 is 0 Å². The van der Waals surface area contributed by atoms with E-state index in [4.69, 9.17) is 4.74 Å². The summed E-state index contributed by atoms with van der Waals surface area (Å²) >= 11 is 0. The molecule has 0 aliphatic rings. The van der Waals surface area contributed by atoms with E-state index in [2.05, 4.69) is 21.0 Å². The van der Waals surface area contributed by atoms with Crippen molar-refractivity contribution >= 4 is 10.9 Å². The van der Waals surface area contributed by atoms with E-state index in [1.165, 1.54) is 0 Å². The maximum atomic E-state index is 5.26. The quantitative estimate of drug-likeness (QED) is 0.629. The molecule has 3 aromatic heterocycles. The number of imidazole rings is 1. The van der Waals surface area contributed by atoms with Crippen LogP contribution >= 0.6 is 0 Å². The van der Waals surface area contributed by atoms with Crippen molar-refractivity contribution in [3.05, 3.63) is 61.3 Å². The summed E-state index contributed by atoms with van der Waals surface area (Å²) in [5.41, 5.74) is 3.15. The monoisotopic (exact) mass is 290 g/mol. The first-order valence-corrected chi connectivity index (χ1v) is 6.95. The molecule has 0 saturated heterocycles. The molecule has 1 N–H and O–H groups in total. The number of rotatable bonds is 3. The number of aromatic amines is 1. The Hall–Kier alpha value is -3.08. The summed E-state index contributed by atoms with van der Waals surface area (Å²) in [4.78, 5) is 11.9. The second-order valence-electron chi connectivity index (χ2n) is 5.01. The molecule has 0 amide bonds. The molecule has 0 aliphatic heterocycles. The van der Waals surface area contributed by atoms with Crippen molar-refractivity contribution in [1.82, 2.24) is 19.5 Å². The van der Waals surface area contributed by atoms with Gasteiger partial charge in [0.1, 0.15) is 17.9 Å². The van der Waals surface area contributed by atoms with E-state index in [0.29, 0.717) is 0 Å². The van der Waals surface area contributed by atoms with Crippen LogP contribution in [-0.4, -0.2) is 26.6 Å². The van der Waals surface area contributed by atoms with E-state index in [1.54, 1.807) is 19.6 Å². The second kappa shape index (κ2) is 5.04. The van der Waals surface area contributed by atoms with Gasteiger partial charge in [-0.05, 0) is 36.4 Å². The van der Waals surface area contributed by atoms with Crippen LogP contribution in [0.4, 0.5) is 0 Å². The Bertz CT molecular complexity index is 908. The van der Waals surface area contributed by atoms with Crippen LogP contribution < -0.4 is 4.74 Å². The molecule has 0 bridgehead atoms. The number of benzene rings is 1. The number of fused-ring (bicyclic) bond motifs is 1. The Morgan fingerprint density at radius 1 is 1.14 bits per heavy atom. The highest BCUT2D eigenvalue weighted by atomic mass is 16.5. The molecule has 5 heteroatoms. The number of nitrogens with zero attached hydrogens (tertiary/aromatic N) is 3. The van der Waals surface area contributed by atoms with Gasteiger partial charge >= 0.3 is 0 Å². The zero-order chi connectivity index (χ0) is 14.9. The van der Waals surface area contributed by atoms with Crippen LogP contribution in [0.5, 0.6) is 5.75 Å². The molecule has 22 heavy (non-hydrogen) atoms. The van der Waals surface area contributed by atoms with Crippen LogP contribution in [0.1, 0.15) is 0 Å². The lowest BCUT2D eigenvalue weighted by Crippen LogP contribution is -1.93. The van der Waals surface area contributed by atoms with Crippen molar-refractivity contribution in [2.45, 2.75) is 0 Å². The fourth-order valence-corrected chi connectivity index (χ4v) is 2.49. The van der Waals surface area contributed by atoms with Gasteiger partial charge in [0.2, 0.25) is 0 Å². The minimum atomic E-state index is 0.846. The summed E-state index contributed by atoms with van der Waals surface area (Å²) in [5.74, 6) is 1.70. The van der Waals surface area contributed by atoms with E-state index in [-0.39, 0.29) is 0 Å². The molecule has 4 rings (SSSR count). The van der Waals surface area contributed by atoms with Gasteiger partial charge in [0.15, 0.2) is 0 Å². The maximum Gasteiger partial charge on any atom is 0.137 e. The molecule has 3 heterocycles. The first-order chi connectivity index (χ1) is 10.8. The molecule has 0 fully saturated rings. The number of hydrogen-bond acceptors (Lipinski definition) is 3. The number of ether oxygens (including phenoxy) is 1. The van der Waals surface area contributed by atoms with Crippen LogP contribution in [0.2, 0.25) is 0 Å². The van der Waals surface area contributed by atoms with Crippen molar-refractivity contribution in [2.24, 2.45) is 0 Å². The summed E-state index contributed by atoms with van der Waals surface area (Å²) in [6.07, 6.45) is 7.20. The predicted octanol–water partition coefficient (Wildman–Crippen LogP) is 3.42. The normalized spacial score (nSPS) is 11.0. The van der Waals surface area contributed by atoms with Gasteiger partial charge in [0, 0.05) is 40.8 Å². The fraction of sp³-hybridized carbons (Fsp3) is 0.0588. The van der Waals surface area contributed by atoms with Crippen LogP contribution in [0.25, 0.3) is 28.0 Å². The number of pyridine rings is 1. The minimum absolute atomic E-state index is 0.846. The Kier molecular flexibility index (Phi) is 2.89. The van der Waals surface area contributed by atoms with Crippen molar-refractivity contribution in [3.63, 3.8) is 0 Å². The average molecular weight is 290 g/mol. The fourth-order valence-electron chi connectivity index (χ4n) is 2.49. The number of aromatic nitrogens is 4. The van der Waals surface area contributed by atoms with Gasteiger partial charge in [-0.2, -0.15) is 0 Å². The third kappa shape index (κ3) is 2.13. The number of H-pyrrole nitrogens is 1. The largest absolute Gasteiger partial charge is 0.497 e. The molecule has 1 aromatic carbocycles. The van der Waals surface area contributed by atoms with Crippen molar-refractivity contribution < 1.29 is 4.74 Å². The second-order valence-corrected chi connectivity index (χ2v) is 5.01. The molecule has 0 spiro atoms. The molecule has 108 valence electrons. The minimum Gasteiger partial charge on any atom is -0.497 e. The first kappa shape index (κ1) is 12.6. The van der Waals surface area contributed by atoms with Crippen LogP contribution in [0.15, 0.2) is 61.3 Å². The predicted molar refractivity (Wildman–Crippen MR) is 85.2 cm³/mol. The Balaban J connectivity index is 1.72. The summed E-state index contributed by atoms with van der Waals surface area (Å²) in [6, 6.07) is 12.1. The summed E-state index contributed by atoms with van der Waals surface area (Å²) in [7, 11) is 1.67. The lowest BCUT2D eigenvalue weighted by Gasteiger charge is -2.02. The van der Waals surface area contributed by atoms with Gasteiger partial charge in [0.05, 0.1) is 7.11 Å². The van der Waals surface area contributed by atoms with Gasteiger partial charge in [-0.3, -0.25) is 4.57 Å². The summed E-state index contributed by atoms with van der Waals surface area (Å²) in [5, 5.41) is 1.12. The molecule has 4 aromatic rings. The van der Waals surface area contributed by atoms with Gasteiger partial charge < -0.3 is 9.72 Å². The zero-order valence-corrected chi connectivity index (χ0v) is 12.0. The Morgan fingerprint density at radius 2 is 2.09 bits per heavy atom. The average Bonchev–Trinajstić information content (AvgIpc) is 3.23. The molecule has 0 saturated carbocycles. The van der Waals surface area contributed by atoms with E-state index in [0.717, 1.165) is 33.7 Å². The maximum absolute atomic E-state index is 5.26. The number of methoxy groups -OCH3 is 1. The standard InChI is InChI=1S/C17H14N4O/c1-22-14-3-4-15-13(8-14)9-16(20-15)12-2-5-17(19-10-12)21-7-6-18-11-21/h2-11,20H,1H3. The summed E-state index contributed by atoms with van der Waals surface area (Å²) < 4.78 is 7.13. The van der Waals surface area contributed by atoms with E-state index in [1.807, 2.05) is 47.3 Å². The molecule has 5 nitrogen and oxygen atoms in total. The third-order valence-corrected chi connectivity index (χ3v) is 3.66. The number of nitrogens with one attached hydrogen (secondary N) is 1. The third-order valence-electron chi connectivity index (χ3n) is 3.66. The smallest absolute Gasteiger partial charge is 0.137 e. The highest BCUT2D eigenvalue weighted by Gasteiger charge is 2.05. The van der Waals surface area contributed by atoms with Gasteiger partial charge in [-0.25, -0.2) is 9.97 Å². The van der Waals surface area contributed by atoms with Crippen LogP contribution in [0.3, 0.4) is 0 Å². The highest BCUT2D eigenvalue weighted by molar-refractivity contribution is 5.86. The molecular formula is C17H14N4O. The summed E-state index contributed by atoms with van der Waals surface area (Å²) in [6.45, 7) is 0. The zero-order valence-electron chi connectivity index (χ0n) is 12.0. The Morgan fingerprint density at radius 3 is 2.82 bits per heavy atom. The van der Waals surface area contributed by atoms with E-state index >= 15 is 0 Å². The van der Waals surface area contributed by atoms with Crippen LogP contribution in [-0.2, 0) is 0 Å². The Labute approximate surface area is 127 Å². The number of hydrogen-bond donors (Lipinski definition) is 1. The van der Waals surface area contributed by atoms with Gasteiger partial charge in [-0.1, -0.05) is 0 Å². The van der Waals surface area contributed by atoms with Crippen molar-refractivity contribution in [2.75, 3.05) is 7.11 Å². The first-order valence-electron chi connectivity index (χ1n) is 6.95. The highest BCUT2D eigenvalue weighted by Crippen LogP contribution is 2.26. The van der Waals surface area contributed by atoms with Crippen molar-refractivity contribution in [1.29, 1.82) is 0 Å². The molecule has 0 radical (unpaired) electrons. The lowest BCUT2D eigenvalue weighted by molar-refractivity contribution is 0.415. The molecular weight excluding hydrogens is 276 g/mol.